The number of Topliss-reactive ketones (excluding diaryl/α,β-unsaturated/α-hetero) is 1. The number of hydrogen-bond donors (Lipinski definition) is 0. The zero-order valence-corrected chi connectivity index (χ0v) is 17.7. The first-order chi connectivity index (χ1) is 13.2. The van der Waals surface area contributed by atoms with Crippen molar-refractivity contribution in [2.24, 2.45) is 29.1 Å². The summed E-state index contributed by atoms with van der Waals surface area (Å²) in [6, 6.07) is 0. The van der Waals surface area contributed by atoms with E-state index in [4.69, 9.17) is 14.2 Å². The van der Waals surface area contributed by atoms with E-state index in [-0.39, 0.29) is 41.7 Å². The number of carbonyl (C=O) groups excluding carboxylic acids is 3. The lowest BCUT2D eigenvalue weighted by Gasteiger charge is -2.41. The van der Waals surface area contributed by atoms with Crippen molar-refractivity contribution in [1.82, 2.24) is 0 Å². The van der Waals surface area contributed by atoms with Crippen molar-refractivity contribution >= 4 is 17.7 Å². The van der Waals surface area contributed by atoms with E-state index in [0.717, 1.165) is 0 Å². The third kappa shape index (κ3) is 3.10. The normalized spacial score (nSPS) is 43.2. The summed E-state index contributed by atoms with van der Waals surface area (Å²) in [7, 11) is 0. The Balaban J connectivity index is 2.09. The van der Waals surface area contributed by atoms with Gasteiger partial charge in [-0.2, -0.15) is 0 Å². The minimum Gasteiger partial charge on any atom is -0.462 e. The van der Waals surface area contributed by atoms with Crippen molar-refractivity contribution in [3.63, 3.8) is 0 Å². The second kappa shape index (κ2) is 7.62. The van der Waals surface area contributed by atoms with Gasteiger partial charge in [0.15, 0.2) is 0 Å². The van der Waals surface area contributed by atoms with Crippen LogP contribution in [0.3, 0.4) is 0 Å². The van der Waals surface area contributed by atoms with Crippen LogP contribution in [0.5, 0.6) is 0 Å². The molecule has 2 saturated carbocycles. The fourth-order valence-electron chi connectivity index (χ4n) is 5.70. The van der Waals surface area contributed by atoms with E-state index in [9.17, 15) is 14.4 Å². The molecule has 28 heavy (non-hydrogen) atoms. The van der Waals surface area contributed by atoms with Crippen LogP contribution in [0.4, 0.5) is 0 Å². The fourth-order valence-corrected chi connectivity index (χ4v) is 5.70. The largest absolute Gasteiger partial charge is 0.462 e. The van der Waals surface area contributed by atoms with Gasteiger partial charge in [-0.05, 0) is 40.0 Å². The molecule has 0 bridgehead atoms. The molecule has 0 aromatic heterocycles. The molecule has 1 aliphatic heterocycles. The van der Waals surface area contributed by atoms with Crippen molar-refractivity contribution < 1.29 is 28.6 Å². The Morgan fingerprint density at radius 3 is 2.61 bits per heavy atom. The summed E-state index contributed by atoms with van der Waals surface area (Å²) in [5, 5.41) is 0. The van der Waals surface area contributed by atoms with E-state index in [1.54, 1.807) is 19.9 Å². The van der Waals surface area contributed by atoms with Crippen LogP contribution in [-0.4, -0.2) is 42.6 Å². The van der Waals surface area contributed by atoms with Crippen LogP contribution in [0.25, 0.3) is 0 Å². The molecule has 3 aliphatic rings. The molecule has 0 N–H and O–H groups in total. The van der Waals surface area contributed by atoms with E-state index < -0.39 is 23.4 Å². The molecule has 6 heteroatoms. The lowest BCUT2D eigenvalue weighted by molar-refractivity contribution is -0.165. The zero-order valence-electron chi connectivity index (χ0n) is 17.7. The maximum atomic E-state index is 13.3. The molecule has 3 rings (SSSR count). The molecule has 2 aliphatic carbocycles. The fraction of sp³-hybridized carbons (Fsp3) is 0.773. The first-order valence-corrected chi connectivity index (χ1v) is 10.4. The Bertz CT molecular complexity index is 697. The quantitative estimate of drug-likeness (QED) is 0.540. The van der Waals surface area contributed by atoms with Crippen LogP contribution in [0.1, 0.15) is 54.4 Å². The number of rotatable bonds is 4. The van der Waals surface area contributed by atoms with Crippen LogP contribution in [0.2, 0.25) is 0 Å². The first kappa shape index (κ1) is 21.0. The molecule has 3 fully saturated rings. The van der Waals surface area contributed by atoms with Gasteiger partial charge in [0.1, 0.15) is 18.0 Å². The van der Waals surface area contributed by atoms with Gasteiger partial charge >= 0.3 is 11.9 Å². The lowest BCUT2D eigenvalue weighted by atomic mass is 9.66. The Labute approximate surface area is 167 Å². The Hall–Kier alpha value is -1.69. The number of fused-ring (bicyclic) bond motifs is 2. The van der Waals surface area contributed by atoms with E-state index in [2.05, 4.69) is 6.92 Å². The summed E-state index contributed by atoms with van der Waals surface area (Å²) in [4.78, 5) is 38.4. The van der Waals surface area contributed by atoms with Gasteiger partial charge in [-0.15, -0.1) is 0 Å². The van der Waals surface area contributed by atoms with Gasteiger partial charge in [0.2, 0.25) is 0 Å². The molecule has 156 valence electrons. The molecule has 0 aromatic carbocycles. The number of carbonyl (C=O) groups is 3. The summed E-state index contributed by atoms with van der Waals surface area (Å²) >= 11 is 0. The third-order valence-corrected chi connectivity index (χ3v) is 7.25. The van der Waals surface area contributed by atoms with E-state index in [0.29, 0.717) is 25.0 Å². The standard InChI is InChI=1S/C22H32O6/c1-7-11(3)20(24)28-19-17-13(5)21(25)27-14(17)9-12(4)18-15(26-8-2)10-16(23)22(18,19)6/h7,12-15,17-19H,8-10H2,1-6H3/b11-7+/t12-,13+,14-,15+,17-,18-,19+,22-/m1/s1. The molecule has 0 amide bonds. The third-order valence-electron chi connectivity index (χ3n) is 7.25. The van der Waals surface area contributed by atoms with Gasteiger partial charge in [-0.3, -0.25) is 9.59 Å². The molecule has 6 nitrogen and oxygen atoms in total. The predicted octanol–water partition coefficient (Wildman–Crippen LogP) is 3.08. The molecule has 1 heterocycles. The number of ketones is 1. The molecule has 0 spiro atoms. The van der Waals surface area contributed by atoms with Crippen molar-refractivity contribution in [2.45, 2.75) is 72.7 Å². The van der Waals surface area contributed by atoms with Gasteiger partial charge in [0.25, 0.3) is 0 Å². The number of esters is 2. The molecule has 0 aromatic rings. The van der Waals surface area contributed by atoms with E-state index in [1.807, 2.05) is 20.8 Å². The van der Waals surface area contributed by atoms with Crippen molar-refractivity contribution in [2.75, 3.05) is 6.61 Å². The smallest absolute Gasteiger partial charge is 0.333 e. The summed E-state index contributed by atoms with van der Waals surface area (Å²) in [5.41, 5.74) is -0.413. The Morgan fingerprint density at radius 2 is 2.00 bits per heavy atom. The summed E-state index contributed by atoms with van der Waals surface area (Å²) in [5.74, 6) is -1.41. The van der Waals surface area contributed by atoms with Gasteiger partial charge in [-0.25, -0.2) is 4.79 Å². The molecular formula is C22H32O6. The van der Waals surface area contributed by atoms with Crippen molar-refractivity contribution in [3.05, 3.63) is 11.6 Å². The van der Waals surface area contributed by atoms with Gasteiger partial charge < -0.3 is 14.2 Å². The zero-order chi connectivity index (χ0) is 20.8. The molecule has 0 radical (unpaired) electrons. The second-order valence-electron chi connectivity index (χ2n) is 8.78. The molecular weight excluding hydrogens is 360 g/mol. The maximum Gasteiger partial charge on any atom is 0.333 e. The average molecular weight is 392 g/mol. The Morgan fingerprint density at radius 1 is 1.32 bits per heavy atom. The highest BCUT2D eigenvalue weighted by molar-refractivity contribution is 5.91. The molecule has 8 atom stereocenters. The SMILES string of the molecule is C/C=C(\C)C(=O)O[C@H]1[C@@H]2[C@H](C)C(=O)O[C@@H]2C[C@@H](C)[C@@H]2[C@@H](OCC)CC(=O)[C@]21C. The number of ether oxygens (including phenoxy) is 3. The molecule has 0 unspecified atom stereocenters. The van der Waals surface area contributed by atoms with Crippen LogP contribution in [0, 0.1) is 29.1 Å². The van der Waals surface area contributed by atoms with Gasteiger partial charge in [0, 0.05) is 30.4 Å². The van der Waals surface area contributed by atoms with Crippen LogP contribution >= 0.6 is 0 Å². The van der Waals surface area contributed by atoms with Crippen LogP contribution in [0.15, 0.2) is 11.6 Å². The molecule has 1 saturated heterocycles. The summed E-state index contributed by atoms with van der Waals surface area (Å²) in [6.07, 6.45) is 1.39. The van der Waals surface area contributed by atoms with E-state index >= 15 is 0 Å². The topological polar surface area (TPSA) is 78.9 Å². The average Bonchev–Trinajstić information content (AvgIpc) is 3.02. The predicted molar refractivity (Wildman–Crippen MR) is 102 cm³/mol. The van der Waals surface area contributed by atoms with Crippen LogP contribution in [-0.2, 0) is 28.6 Å². The second-order valence-corrected chi connectivity index (χ2v) is 8.78. The van der Waals surface area contributed by atoms with Crippen LogP contribution < -0.4 is 0 Å². The highest BCUT2D eigenvalue weighted by atomic mass is 16.6. The van der Waals surface area contributed by atoms with Crippen molar-refractivity contribution in [3.8, 4) is 0 Å². The minimum absolute atomic E-state index is 0.0472. The maximum absolute atomic E-state index is 13.3. The van der Waals surface area contributed by atoms with Crippen molar-refractivity contribution in [1.29, 1.82) is 0 Å². The summed E-state index contributed by atoms with van der Waals surface area (Å²) < 4.78 is 17.6. The first-order valence-electron chi connectivity index (χ1n) is 10.4. The highest BCUT2D eigenvalue weighted by Crippen LogP contribution is 2.57. The highest BCUT2D eigenvalue weighted by Gasteiger charge is 2.66. The number of allylic oxidation sites excluding steroid dienone is 1. The lowest BCUT2D eigenvalue weighted by Crippen LogP contribution is -2.51. The monoisotopic (exact) mass is 392 g/mol. The van der Waals surface area contributed by atoms with E-state index in [1.165, 1.54) is 0 Å². The van der Waals surface area contributed by atoms with Gasteiger partial charge in [0.05, 0.1) is 17.4 Å². The summed E-state index contributed by atoms with van der Waals surface area (Å²) in [6.45, 7) is 11.7. The number of hydrogen-bond acceptors (Lipinski definition) is 6. The van der Waals surface area contributed by atoms with Gasteiger partial charge in [-0.1, -0.05) is 19.9 Å². The Kier molecular flexibility index (Phi) is 5.72. The minimum atomic E-state index is -0.898.